The van der Waals surface area contributed by atoms with Gasteiger partial charge >= 0.3 is 6.09 Å². The second kappa shape index (κ2) is 18.9. The maximum absolute atomic E-state index is 14.2. The van der Waals surface area contributed by atoms with Gasteiger partial charge in [0.1, 0.15) is 25.0 Å². The van der Waals surface area contributed by atoms with Gasteiger partial charge in [-0.25, -0.2) is 9.78 Å². The molecule has 4 amide bonds. The van der Waals surface area contributed by atoms with Crippen molar-refractivity contribution in [2.75, 3.05) is 13.1 Å². The summed E-state index contributed by atoms with van der Waals surface area (Å²) >= 11 is 0. The lowest BCUT2D eigenvalue weighted by molar-refractivity contribution is -0.138. The zero-order chi connectivity index (χ0) is 35.7. The molecular weight excluding hydrogens is 648 g/mol. The number of aromatic nitrogens is 2. The van der Waals surface area contributed by atoms with Crippen molar-refractivity contribution < 1.29 is 28.7 Å². The number of amides is 4. The van der Waals surface area contributed by atoms with Crippen molar-refractivity contribution in [3.63, 3.8) is 0 Å². The van der Waals surface area contributed by atoms with Gasteiger partial charge in [-0.2, -0.15) is 0 Å². The minimum atomic E-state index is -1.12. The molecule has 0 spiro atoms. The van der Waals surface area contributed by atoms with Crippen molar-refractivity contribution in [2.45, 2.75) is 38.8 Å². The lowest BCUT2D eigenvalue weighted by atomic mass is 10.1. The standard InChI is InChI=1S/C39H40N6O6/c46-36(41-21-29-10-4-1-5-11-29)23-42-37(47)25-45(24-30-16-18-34(19-17-30)50-26-31-12-6-2-7-13-31)38(48)35(20-33-22-40-28-43-33)44-39(49)51-27-32-14-8-3-9-15-32/h1-19,22,28,35H,20-21,23-27H2,(H,40,43)(H,41,46)(H,42,47)(H,44,49)/t35-/m0/s1. The number of hydrogen-bond donors (Lipinski definition) is 4. The lowest BCUT2D eigenvalue weighted by Gasteiger charge is -2.27. The number of nitrogens with zero attached hydrogens (tertiary/aromatic N) is 2. The van der Waals surface area contributed by atoms with Crippen LogP contribution in [0.3, 0.4) is 0 Å². The highest BCUT2D eigenvalue weighted by molar-refractivity contribution is 5.91. The smallest absolute Gasteiger partial charge is 0.408 e. The molecule has 0 unspecified atom stereocenters. The molecule has 0 saturated carbocycles. The zero-order valence-electron chi connectivity index (χ0n) is 28.0. The second-order valence-electron chi connectivity index (χ2n) is 11.7. The van der Waals surface area contributed by atoms with Crippen LogP contribution in [0.15, 0.2) is 128 Å². The highest BCUT2D eigenvalue weighted by Crippen LogP contribution is 2.17. The molecule has 12 heteroatoms. The minimum Gasteiger partial charge on any atom is -0.489 e. The SMILES string of the molecule is O=C(CNC(=O)CN(Cc1ccc(OCc2ccccc2)cc1)C(=O)[C@H](Cc1c[nH]cn1)NC(=O)OCc1ccccc1)NCc1ccccc1. The lowest BCUT2D eigenvalue weighted by Crippen LogP contribution is -2.52. The van der Waals surface area contributed by atoms with Gasteiger partial charge in [0.25, 0.3) is 0 Å². The number of hydrogen-bond acceptors (Lipinski definition) is 7. The molecule has 51 heavy (non-hydrogen) atoms. The van der Waals surface area contributed by atoms with Crippen LogP contribution in [0.4, 0.5) is 4.79 Å². The van der Waals surface area contributed by atoms with E-state index in [1.165, 1.54) is 11.2 Å². The topological polar surface area (TPSA) is 155 Å². The van der Waals surface area contributed by atoms with E-state index in [4.69, 9.17) is 9.47 Å². The van der Waals surface area contributed by atoms with Crippen LogP contribution in [-0.2, 0) is 51.8 Å². The zero-order valence-corrected chi connectivity index (χ0v) is 28.0. The summed E-state index contributed by atoms with van der Waals surface area (Å²) in [7, 11) is 0. The molecule has 0 bridgehead atoms. The molecule has 0 aliphatic rings. The molecule has 0 aliphatic heterocycles. The van der Waals surface area contributed by atoms with Crippen LogP contribution in [0.25, 0.3) is 0 Å². The van der Waals surface area contributed by atoms with Crippen molar-refractivity contribution >= 4 is 23.8 Å². The van der Waals surface area contributed by atoms with Crippen LogP contribution in [-0.4, -0.2) is 57.8 Å². The van der Waals surface area contributed by atoms with Crippen LogP contribution in [0.5, 0.6) is 5.75 Å². The van der Waals surface area contributed by atoms with E-state index in [9.17, 15) is 19.2 Å². The molecule has 0 aliphatic carbocycles. The molecule has 1 atom stereocenters. The monoisotopic (exact) mass is 688 g/mol. The Morgan fingerprint density at radius 3 is 1.96 bits per heavy atom. The van der Waals surface area contributed by atoms with E-state index in [0.717, 1.165) is 16.7 Å². The Morgan fingerprint density at radius 1 is 0.706 bits per heavy atom. The first kappa shape index (κ1) is 35.9. The van der Waals surface area contributed by atoms with Gasteiger partial charge in [0.15, 0.2) is 0 Å². The number of carbonyl (C=O) groups excluding carboxylic acids is 4. The summed E-state index contributed by atoms with van der Waals surface area (Å²) in [6.45, 7) is 0.0874. The van der Waals surface area contributed by atoms with E-state index in [-0.39, 0.29) is 38.6 Å². The fraction of sp³-hybridized carbons (Fsp3) is 0.205. The molecule has 0 radical (unpaired) electrons. The van der Waals surface area contributed by atoms with Crippen LogP contribution >= 0.6 is 0 Å². The number of imidazole rings is 1. The van der Waals surface area contributed by atoms with Crippen LogP contribution < -0.4 is 20.7 Å². The van der Waals surface area contributed by atoms with E-state index in [2.05, 4.69) is 25.9 Å². The Labute approximate surface area is 296 Å². The number of nitrogens with one attached hydrogen (secondary N) is 4. The normalized spacial score (nSPS) is 11.1. The highest BCUT2D eigenvalue weighted by atomic mass is 16.5. The first-order valence-electron chi connectivity index (χ1n) is 16.5. The number of benzene rings is 4. The third-order valence-electron chi connectivity index (χ3n) is 7.74. The average molecular weight is 689 g/mol. The first-order chi connectivity index (χ1) is 24.9. The predicted octanol–water partition coefficient (Wildman–Crippen LogP) is 4.29. The third kappa shape index (κ3) is 12.2. The Morgan fingerprint density at radius 2 is 1.33 bits per heavy atom. The molecule has 4 N–H and O–H groups in total. The maximum Gasteiger partial charge on any atom is 0.408 e. The summed E-state index contributed by atoms with van der Waals surface area (Å²) in [6.07, 6.45) is 2.33. The molecule has 0 fully saturated rings. The van der Waals surface area contributed by atoms with Gasteiger partial charge in [0.2, 0.25) is 17.7 Å². The predicted molar refractivity (Wildman–Crippen MR) is 190 cm³/mol. The van der Waals surface area contributed by atoms with Crippen LogP contribution in [0, 0.1) is 0 Å². The summed E-state index contributed by atoms with van der Waals surface area (Å²) < 4.78 is 11.3. The minimum absolute atomic E-state index is 0.00708. The van der Waals surface area contributed by atoms with Gasteiger partial charge < -0.3 is 35.3 Å². The van der Waals surface area contributed by atoms with Gasteiger partial charge in [-0.1, -0.05) is 103 Å². The number of alkyl carbamates (subject to hydrolysis) is 1. The largest absolute Gasteiger partial charge is 0.489 e. The van der Waals surface area contributed by atoms with Crippen molar-refractivity contribution in [1.82, 2.24) is 30.8 Å². The molecule has 1 aromatic heterocycles. The van der Waals surface area contributed by atoms with Gasteiger partial charge in [-0.05, 0) is 34.4 Å². The molecule has 4 aromatic carbocycles. The van der Waals surface area contributed by atoms with Crippen LogP contribution in [0.1, 0.15) is 27.9 Å². The van der Waals surface area contributed by atoms with E-state index in [1.54, 1.807) is 30.5 Å². The molecule has 5 aromatic rings. The third-order valence-corrected chi connectivity index (χ3v) is 7.74. The van der Waals surface area contributed by atoms with Crippen LogP contribution in [0.2, 0.25) is 0 Å². The first-order valence-corrected chi connectivity index (χ1v) is 16.5. The number of aromatic amines is 1. The van der Waals surface area contributed by atoms with Gasteiger partial charge in [0, 0.05) is 25.7 Å². The van der Waals surface area contributed by atoms with Crippen molar-refractivity contribution in [1.29, 1.82) is 0 Å². The number of rotatable bonds is 17. The van der Waals surface area contributed by atoms with Crippen molar-refractivity contribution in [2.24, 2.45) is 0 Å². The molecule has 12 nitrogen and oxygen atoms in total. The Hall–Kier alpha value is -6.43. The summed E-state index contributed by atoms with van der Waals surface area (Å²) in [5.74, 6) is -0.830. The summed E-state index contributed by atoms with van der Waals surface area (Å²) in [4.78, 5) is 61.2. The van der Waals surface area contributed by atoms with Gasteiger partial charge in [0.05, 0.1) is 25.1 Å². The van der Waals surface area contributed by atoms with Gasteiger partial charge in [-0.15, -0.1) is 0 Å². The Balaban J connectivity index is 1.26. The van der Waals surface area contributed by atoms with E-state index >= 15 is 0 Å². The quantitative estimate of drug-likeness (QED) is 0.114. The molecule has 5 rings (SSSR count). The number of carbonyl (C=O) groups is 4. The number of H-pyrrole nitrogens is 1. The fourth-order valence-corrected chi connectivity index (χ4v) is 5.07. The summed E-state index contributed by atoms with van der Waals surface area (Å²) in [6, 6.07) is 34.4. The fourth-order valence-electron chi connectivity index (χ4n) is 5.07. The van der Waals surface area contributed by atoms with E-state index in [0.29, 0.717) is 30.2 Å². The highest BCUT2D eigenvalue weighted by Gasteiger charge is 2.29. The molecule has 262 valence electrons. The van der Waals surface area contributed by atoms with Crippen molar-refractivity contribution in [3.8, 4) is 5.75 Å². The Bertz CT molecular complexity index is 1820. The average Bonchev–Trinajstić information content (AvgIpc) is 3.69. The Kier molecular flexibility index (Phi) is 13.3. The summed E-state index contributed by atoms with van der Waals surface area (Å²) in [5.41, 5.74) is 3.97. The van der Waals surface area contributed by atoms with Gasteiger partial charge in [-0.3, -0.25) is 14.4 Å². The molecular formula is C39H40N6O6. The number of ether oxygens (including phenoxy) is 2. The molecule has 0 saturated heterocycles. The summed E-state index contributed by atoms with van der Waals surface area (Å²) in [5, 5.41) is 8.03. The van der Waals surface area contributed by atoms with E-state index in [1.807, 2.05) is 91.0 Å². The molecule has 1 heterocycles. The second-order valence-corrected chi connectivity index (χ2v) is 11.7. The van der Waals surface area contributed by atoms with Crippen molar-refractivity contribution in [3.05, 3.63) is 156 Å². The maximum atomic E-state index is 14.2. The van der Waals surface area contributed by atoms with E-state index < -0.39 is 23.9 Å².